The molecule has 0 aliphatic heterocycles. The Morgan fingerprint density at radius 1 is 0.510 bits per heavy atom. The zero-order valence-electron chi connectivity index (χ0n) is 27.9. The topological polar surface area (TPSA) is 121 Å². The molecule has 0 saturated heterocycles. The number of carbonyl (C=O) groups excluding carboxylic acids is 3. The highest BCUT2D eigenvalue weighted by Gasteiger charge is 2.25. The molecule has 0 aliphatic carbocycles. The van der Waals surface area contributed by atoms with Crippen LogP contribution >= 0.6 is 0 Å². The minimum absolute atomic E-state index is 0.279. The first-order chi connectivity index (χ1) is 24.6. The van der Waals surface area contributed by atoms with Crippen LogP contribution in [0.5, 0.6) is 28.7 Å². The Morgan fingerprint density at radius 3 is 1.51 bits per heavy atom. The Morgan fingerprint density at radius 2 is 0.961 bits per heavy atom. The maximum absolute atomic E-state index is 13.1. The van der Waals surface area contributed by atoms with Crippen LogP contribution in [-0.2, 0) is 5.41 Å². The highest BCUT2D eigenvalue weighted by atomic mass is 16.5. The van der Waals surface area contributed by atoms with E-state index in [1.165, 1.54) is 48.5 Å². The van der Waals surface area contributed by atoms with E-state index in [4.69, 9.17) is 28.9 Å². The van der Waals surface area contributed by atoms with Gasteiger partial charge in [-0.3, -0.25) is 0 Å². The number of carbonyl (C=O) groups is 3. The smallest absolute Gasteiger partial charge is 0.343 e. The standard InChI is InChI=1S/C42H31NO8/c1-42(2,32-6-4-8-37(24-32)50-39(44)27-12-17-34(18-13-27)48-26-43)33-7-5-9-38(25-33)51-40(45)28-14-19-35(20-15-28)49-41(46)31-11-10-30-23-36(47-3)21-16-29(30)22-31/h4-25H,1-3H3. The predicted octanol–water partition coefficient (Wildman–Crippen LogP) is 8.69. The predicted molar refractivity (Wildman–Crippen MR) is 190 cm³/mol. The molecule has 0 fully saturated rings. The van der Waals surface area contributed by atoms with Crippen LogP contribution in [-0.4, -0.2) is 25.0 Å². The third-order valence-electron chi connectivity index (χ3n) is 8.37. The highest BCUT2D eigenvalue weighted by molar-refractivity contribution is 5.97. The molecule has 0 radical (unpaired) electrons. The van der Waals surface area contributed by atoms with E-state index in [0.717, 1.165) is 27.6 Å². The number of hydrogen-bond donors (Lipinski definition) is 0. The number of nitrogens with zero attached hydrogens (tertiary/aromatic N) is 1. The average Bonchev–Trinajstić information content (AvgIpc) is 3.15. The zero-order chi connectivity index (χ0) is 36.0. The first kappa shape index (κ1) is 34.0. The number of esters is 3. The number of methoxy groups -OCH3 is 1. The number of hydrogen-bond acceptors (Lipinski definition) is 9. The van der Waals surface area contributed by atoms with E-state index < -0.39 is 23.3 Å². The molecular formula is C42H31NO8. The van der Waals surface area contributed by atoms with Gasteiger partial charge in [-0.2, -0.15) is 0 Å². The van der Waals surface area contributed by atoms with Crippen molar-refractivity contribution < 1.29 is 38.1 Å². The Bertz CT molecular complexity index is 2290. The minimum Gasteiger partial charge on any atom is -0.497 e. The molecule has 0 spiro atoms. The number of ether oxygens (including phenoxy) is 5. The van der Waals surface area contributed by atoms with Crippen LogP contribution in [0.2, 0.25) is 0 Å². The van der Waals surface area contributed by atoms with Gasteiger partial charge in [-0.15, -0.1) is 5.26 Å². The average molecular weight is 678 g/mol. The molecule has 0 aromatic heterocycles. The molecule has 0 bridgehead atoms. The second-order valence-electron chi connectivity index (χ2n) is 12.0. The summed E-state index contributed by atoms with van der Waals surface area (Å²) >= 11 is 0. The van der Waals surface area contributed by atoms with Gasteiger partial charge in [0.05, 0.1) is 23.8 Å². The molecule has 0 heterocycles. The Labute approximate surface area is 294 Å². The van der Waals surface area contributed by atoms with Crippen molar-refractivity contribution in [2.24, 2.45) is 0 Å². The summed E-state index contributed by atoms with van der Waals surface area (Å²) in [6.07, 6.45) is 1.59. The third kappa shape index (κ3) is 7.88. The summed E-state index contributed by atoms with van der Waals surface area (Å²) in [5.41, 5.74) is 2.13. The maximum Gasteiger partial charge on any atom is 0.343 e. The first-order valence-corrected chi connectivity index (χ1v) is 15.8. The van der Waals surface area contributed by atoms with Gasteiger partial charge in [-0.05, 0) is 119 Å². The molecule has 0 unspecified atom stereocenters. The lowest BCUT2D eigenvalue weighted by molar-refractivity contribution is 0.0723. The summed E-state index contributed by atoms with van der Waals surface area (Å²) in [7, 11) is 1.60. The lowest BCUT2D eigenvalue weighted by Gasteiger charge is -2.27. The van der Waals surface area contributed by atoms with Crippen LogP contribution < -0.4 is 23.7 Å². The quantitative estimate of drug-likeness (QED) is 0.0796. The third-order valence-corrected chi connectivity index (χ3v) is 8.37. The van der Waals surface area contributed by atoms with Crippen LogP contribution in [0.25, 0.3) is 10.8 Å². The molecule has 0 amide bonds. The maximum atomic E-state index is 13.1. The van der Waals surface area contributed by atoms with Crippen molar-refractivity contribution in [3.8, 4) is 35.0 Å². The second-order valence-corrected chi connectivity index (χ2v) is 12.0. The number of rotatable bonds is 10. The normalized spacial score (nSPS) is 10.9. The molecule has 6 rings (SSSR count). The van der Waals surface area contributed by atoms with Crippen molar-refractivity contribution in [3.05, 3.63) is 161 Å². The van der Waals surface area contributed by atoms with Gasteiger partial charge < -0.3 is 23.7 Å². The largest absolute Gasteiger partial charge is 0.497 e. The van der Waals surface area contributed by atoms with E-state index in [1.54, 1.807) is 61.9 Å². The molecule has 6 aromatic rings. The summed E-state index contributed by atoms with van der Waals surface area (Å²) in [5, 5.41) is 10.5. The molecule has 0 N–H and O–H groups in total. The number of fused-ring (bicyclic) bond motifs is 1. The van der Waals surface area contributed by atoms with Crippen LogP contribution in [0.3, 0.4) is 0 Å². The Kier molecular flexibility index (Phi) is 9.78. The monoisotopic (exact) mass is 677 g/mol. The van der Waals surface area contributed by atoms with Gasteiger partial charge in [0.25, 0.3) is 6.26 Å². The summed E-state index contributed by atoms with van der Waals surface area (Å²) in [5.74, 6) is 0.386. The van der Waals surface area contributed by atoms with Crippen molar-refractivity contribution in [3.63, 3.8) is 0 Å². The summed E-state index contributed by atoms with van der Waals surface area (Å²) in [4.78, 5) is 38.7. The van der Waals surface area contributed by atoms with Gasteiger partial charge in [0, 0.05) is 5.41 Å². The van der Waals surface area contributed by atoms with E-state index in [1.807, 2.05) is 50.2 Å². The summed E-state index contributed by atoms with van der Waals surface area (Å²) in [6, 6.07) is 37.5. The lowest BCUT2D eigenvalue weighted by atomic mass is 9.78. The van der Waals surface area contributed by atoms with E-state index in [9.17, 15) is 14.4 Å². The molecule has 6 aromatic carbocycles. The molecule has 0 atom stereocenters. The van der Waals surface area contributed by atoms with Crippen molar-refractivity contribution in [2.75, 3.05) is 7.11 Å². The van der Waals surface area contributed by atoms with Gasteiger partial charge in [-0.25, -0.2) is 14.4 Å². The molecule has 9 heteroatoms. The fraction of sp³-hybridized carbons (Fsp3) is 0.0952. The van der Waals surface area contributed by atoms with Crippen LogP contribution in [0.4, 0.5) is 0 Å². The van der Waals surface area contributed by atoms with Gasteiger partial charge in [0.1, 0.15) is 28.7 Å². The van der Waals surface area contributed by atoms with Gasteiger partial charge >= 0.3 is 17.9 Å². The van der Waals surface area contributed by atoms with Crippen LogP contribution in [0.1, 0.15) is 56.0 Å². The molecule has 9 nitrogen and oxygen atoms in total. The lowest BCUT2D eigenvalue weighted by Crippen LogP contribution is -2.19. The second kappa shape index (κ2) is 14.7. The summed E-state index contributed by atoms with van der Waals surface area (Å²) in [6.45, 7) is 4.02. The van der Waals surface area contributed by atoms with E-state index in [2.05, 4.69) is 0 Å². The number of benzene rings is 6. The van der Waals surface area contributed by atoms with E-state index in [0.29, 0.717) is 28.4 Å². The van der Waals surface area contributed by atoms with Crippen LogP contribution in [0.15, 0.2) is 133 Å². The minimum atomic E-state index is -0.575. The van der Waals surface area contributed by atoms with Crippen LogP contribution in [0, 0.1) is 11.5 Å². The highest BCUT2D eigenvalue weighted by Crippen LogP contribution is 2.35. The SMILES string of the molecule is COc1ccc2cc(C(=O)Oc3ccc(C(=O)Oc4cccc(C(C)(C)c5cccc(OC(=O)c6ccc(OC#N)cc6)c5)c4)cc3)ccc2c1. The number of nitriles is 1. The van der Waals surface area contributed by atoms with Gasteiger partial charge in [0.15, 0.2) is 0 Å². The van der Waals surface area contributed by atoms with Crippen molar-refractivity contribution >= 4 is 28.7 Å². The zero-order valence-corrected chi connectivity index (χ0v) is 27.9. The van der Waals surface area contributed by atoms with Crippen molar-refractivity contribution in [1.82, 2.24) is 0 Å². The summed E-state index contributed by atoms with van der Waals surface area (Å²) < 4.78 is 26.9. The van der Waals surface area contributed by atoms with Crippen molar-refractivity contribution in [2.45, 2.75) is 19.3 Å². The van der Waals surface area contributed by atoms with Crippen molar-refractivity contribution in [1.29, 1.82) is 5.26 Å². The fourth-order valence-corrected chi connectivity index (χ4v) is 5.41. The molecule has 51 heavy (non-hydrogen) atoms. The van der Waals surface area contributed by atoms with Gasteiger partial charge in [0.2, 0.25) is 0 Å². The van der Waals surface area contributed by atoms with E-state index >= 15 is 0 Å². The fourth-order valence-electron chi connectivity index (χ4n) is 5.41. The molecule has 0 aliphatic rings. The first-order valence-electron chi connectivity index (χ1n) is 15.8. The Balaban J connectivity index is 1.09. The molecule has 252 valence electrons. The van der Waals surface area contributed by atoms with E-state index in [-0.39, 0.29) is 11.3 Å². The molecular weight excluding hydrogens is 646 g/mol. The molecule has 0 saturated carbocycles. The van der Waals surface area contributed by atoms with Gasteiger partial charge in [-0.1, -0.05) is 50.2 Å². The Hall–Kier alpha value is -6.92.